The van der Waals surface area contributed by atoms with Gasteiger partial charge in [0.25, 0.3) is 0 Å². The summed E-state index contributed by atoms with van der Waals surface area (Å²) in [5, 5.41) is 0. The summed E-state index contributed by atoms with van der Waals surface area (Å²) < 4.78 is 11.0. The Hall–Kier alpha value is -0.350. The van der Waals surface area contributed by atoms with E-state index in [0.717, 1.165) is 30.4 Å². The van der Waals surface area contributed by atoms with Crippen molar-refractivity contribution in [3.05, 3.63) is 24.3 Å². The highest BCUT2D eigenvalue weighted by Crippen LogP contribution is 2.32. The summed E-state index contributed by atoms with van der Waals surface area (Å²) in [5.41, 5.74) is 0. The zero-order valence-corrected chi connectivity index (χ0v) is 12.3. The summed E-state index contributed by atoms with van der Waals surface area (Å²) in [7, 11) is 1.67. The fourth-order valence-electron chi connectivity index (χ4n) is 1.89. The zero-order chi connectivity index (χ0) is 12.1. The highest BCUT2D eigenvalue weighted by molar-refractivity contribution is 9.09. The molecule has 1 fully saturated rings. The molecule has 4 heteroatoms. The third-order valence-electron chi connectivity index (χ3n) is 2.94. The van der Waals surface area contributed by atoms with Gasteiger partial charge in [-0.25, -0.2) is 0 Å². The molecular weight excluding hydrogens is 300 g/mol. The predicted molar refractivity (Wildman–Crippen MR) is 76.6 cm³/mol. The third kappa shape index (κ3) is 3.55. The zero-order valence-electron chi connectivity index (χ0n) is 9.90. The molecule has 2 rings (SSSR count). The van der Waals surface area contributed by atoms with Crippen molar-refractivity contribution in [2.24, 2.45) is 5.92 Å². The maximum Gasteiger partial charge on any atom is 0.161 e. The van der Waals surface area contributed by atoms with Crippen molar-refractivity contribution in [3.8, 4) is 11.5 Å². The van der Waals surface area contributed by atoms with Gasteiger partial charge in [-0.05, 0) is 30.2 Å². The van der Waals surface area contributed by atoms with Crippen molar-refractivity contribution in [1.82, 2.24) is 0 Å². The molecule has 0 amide bonds. The van der Waals surface area contributed by atoms with Crippen molar-refractivity contribution in [3.63, 3.8) is 0 Å². The molecule has 0 N–H and O–H groups in total. The Morgan fingerprint density at radius 1 is 1.29 bits per heavy atom. The number of halogens is 1. The van der Waals surface area contributed by atoms with Crippen LogP contribution < -0.4 is 9.47 Å². The molecule has 0 saturated carbocycles. The van der Waals surface area contributed by atoms with Crippen molar-refractivity contribution in [1.29, 1.82) is 0 Å². The van der Waals surface area contributed by atoms with E-state index in [1.165, 1.54) is 11.5 Å². The molecule has 0 radical (unpaired) electrons. The third-order valence-corrected chi connectivity index (χ3v) is 5.69. The van der Waals surface area contributed by atoms with E-state index in [2.05, 4.69) is 15.9 Å². The topological polar surface area (TPSA) is 18.5 Å². The maximum absolute atomic E-state index is 5.78. The summed E-state index contributed by atoms with van der Waals surface area (Å²) >= 11 is 5.74. The van der Waals surface area contributed by atoms with E-state index in [1.807, 2.05) is 36.0 Å². The van der Waals surface area contributed by atoms with Crippen molar-refractivity contribution >= 4 is 27.7 Å². The number of ether oxygens (including phenoxy) is 2. The monoisotopic (exact) mass is 316 g/mol. The van der Waals surface area contributed by atoms with Crippen LogP contribution in [0.5, 0.6) is 11.5 Å². The van der Waals surface area contributed by atoms with Crippen LogP contribution in [0.1, 0.15) is 6.42 Å². The largest absolute Gasteiger partial charge is 0.493 e. The van der Waals surface area contributed by atoms with Crippen LogP contribution in [0.25, 0.3) is 0 Å². The molecule has 1 aliphatic rings. The second-order valence-corrected chi connectivity index (χ2v) is 6.35. The highest BCUT2D eigenvalue weighted by Gasteiger charge is 2.25. The Morgan fingerprint density at radius 2 is 2.06 bits per heavy atom. The standard InChI is InChI=1S/C13H17BrO2S/c1-15-12-4-2-3-5-13(12)16-7-6-10-8-17-9-11(10)14/h2-5,10-11H,6-9H2,1H3. The van der Waals surface area contributed by atoms with Gasteiger partial charge in [0, 0.05) is 10.6 Å². The number of alkyl halides is 1. The average Bonchev–Trinajstić information content (AvgIpc) is 2.76. The lowest BCUT2D eigenvalue weighted by Gasteiger charge is -2.14. The molecule has 0 aliphatic carbocycles. The smallest absolute Gasteiger partial charge is 0.161 e. The predicted octanol–water partition coefficient (Wildman–Crippen LogP) is 3.59. The molecule has 0 spiro atoms. The first-order valence-electron chi connectivity index (χ1n) is 5.79. The van der Waals surface area contributed by atoms with E-state index >= 15 is 0 Å². The molecule has 94 valence electrons. The molecule has 2 atom stereocenters. The minimum atomic E-state index is 0.647. The van der Waals surface area contributed by atoms with Crippen LogP contribution in [0.2, 0.25) is 0 Å². The second-order valence-electron chi connectivity index (χ2n) is 4.10. The van der Waals surface area contributed by atoms with Crippen molar-refractivity contribution in [2.75, 3.05) is 25.2 Å². The molecule has 0 aromatic heterocycles. The van der Waals surface area contributed by atoms with E-state index in [-0.39, 0.29) is 0 Å². The van der Waals surface area contributed by atoms with E-state index in [0.29, 0.717) is 4.83 Å². The summed E-state index contributed by atoms with van der Waals surface area (Å²) in [6.45, 7) is 0.758. The fourth-order valence-corrected chi connectivity index (χ4v) is 4.49. The normalized spacial score (nSPS) is 23.6. The quantitative estimate of drug-likeness (QED) is 0.773. The van der Waals surface area contributed by atoms with Crippen molar-refractivity contribution in [2.45, 2.75) is 11.2 Å². The summed E-state index contributed by atoms with van der Waals surface area (Å²) in [6, 6.07) is 7.80. The fraction of sp³-hybridized carbons (Fsp3) is 0.538. The first-order chi connectivity index (χ1) is 8.31. The van der Waals surface area contributed by atoms with E-state index < -0.39 is 0 Å². The highest BCUT2D eigenvalue weighted by atomic mass is 79.9. The van der Waals surface area contributed by atoms with Gasteiger partial charge >= 0.3 is 0 Å². The molecule has 1 aromatic carbocycles. The number of para-hydroxylation sites is 2. The Morgan fingerprint density at radius 3 is 2.71 bits per heavy atom. The van der Waals surface area contributed by atoms with Gasteiger partial charge in [-0.15, -0.1) is 0 Å². The number of thioether (sulfide) groups is 1. The Kier molecular flexibility index (Phi) is 5.04. The Labute approximate surface area is 115 Å². The first-order valence-corrected chi connectivity index (χ1v) is 7.86. The molecule has 0 bridgehead atoms. The number of rotatable bonds is 5. The molecule has 1 heterocycles. The van der Waals surface area contributed by atoms with Gasteiger partial charge in [0.2, 0.25) is 0 Å². The first kappa shape index (κ1) is 13.1. The van der Waals surface area contributed by atoms with Crippen LogP contribution in [0.3, 0.4) is 0 Å². The lowest BCUT2D eigenvalue weighted by Crippen LogP contribution is -2.15. The van der Waals surface area contributed by atoms with Gasteiger partial charge in [0.1, 0.15) is 0 Å². The van der Waals surface area contributed by atoms with Gasteiger partial charge in [-0.2, -0.15) is 11.8 Å². The molecular formula is C13H17BrO2S. The van der Waals surface area contributed by atoms with Gasteiger partial charge < -0.3 is 9.47 Å². The number of methoxy groups -OCH3 is 1. The minimum Gasteiger partial charge on any atom is -0.493 e. The maximum atomic E-state index is 5.78. The van der Waals surface area contributed by atoms with E-state index in [9.17, 15) is 0 Å². The van der Waals surface area contributed by atoms with Gasteiger partial charge in [0.15, 0.2) is 11.5 Å². The van der Waals surface area contributed by atoms with Crippen LogP contribution in [0.15, 0.2) is 24.3 Å². The molecule has 2 nitrogen and oxygen atoms in total. The van der Waals surface area contributed by atoms with Gasteiger partial charge in [0.05, 0.1) is 13.7 Å². The SMILES string of the molecule is COc1ccccc1OCCC1CSCC1Br. The van der Waals surface area contributed by atoms with Crippen LogP contribution in [0, 0.1) is 5.92 Å². The Balaban J connectivity index is 1.81. The summed E-state index contributed by atoms with van der Waals surface area (Å²) in [4.78, 5) is 0.647. The van der Waals surface area contributed by atoms with E-state index in [1.54, 1.807) is 7.11 Å². The lowest BCUT2D eigenvalue weighted by molar-refractivity contribution is 0.271. The van der Waals surface area contributed by atoms with Gasteiger partial charge in [-0.3, -0.25) is 0 Å². The van der Waals surface area contributed by atoms with E-state index in [4.69, 9.17) is 9.47 Å². The molecule has 2 unspecified atom stereocenters. The molecule has 17 heavy (non-hydrogen) atoms. The number of benzene rings is 1. The lowest BCUT2D eigenvalue weighted by atomic mass is 10.1. The van der Waals surface area contributed by atoms with Crippen LogP contribution in [-0.2, 0) is 0 Å². The van der Waals surface area contributed by atoms with Crippen LogP contribution >= 0.6 is 27.7 Å². The van der Waals surface area contributed by atoms with Crippen LogP contribution in [-0.4, -0.2) is 30.0 Å². The Bertz CT molecular complexity index is 359. The number of hydrogen-bond donors (Lipinski definition) is 0. The second kappa shape index (κ2) is 6.55. The molecule has 1 saturated heterocycles. The molecule has 1 aromatic rings. The average molecular weight is 317 g/mol. The summed E-state index contributed by atoms with van der Waals surface area (Å²) in [5.74, 6) is 4.84. The van der Waals surface area contributed by atoms with Gasteiger partial charge in [-0.1, -0.05) is 28.1 Å². The van der Waals surface area contributed by atoms with Crippen molar-refractivity contribution < 1.29 is 9.47 Å². The summed E-state index contributed by atoms with van der Waals surface area (Å²) in [6.07, 6.45) is 1.10. The van der Waals surface area contributed by atoms with Crippen LogP contribution in [0.4, 0.5) is 0 Å². The molecule has 1 aliphatic heterocycles. The minimum absolute atomic E-state index is 0.647. The number of hydrogen-bond acceptors (Lipinski definition) is 3.